The van der Waals surface area contributed by atoms with Crippen LogP contribution in [-0.4, -0.2) is 31.4 Å². The minimum Gasteiger partial charge on any atom is -0.493 e. The van der Waals surface area contributed by atoms with Crippen LogP contribution in [0.3, 0.4) is 0 Å². The fourth-order valence-electron chi connectivity index (χ4n) is 2.06. The third kappa shape index (κ3) is 4.48. The van der Waals surface area contributed by atoms with E-state index in [9.17, 15) is 9.59 Å². The highest BCUT2D eigenvalue weighted by Crippen LogP contribution is 2.28. The standard InChI is InChI=1S/C17H19NO5S/c1-12-11-24-17(20)18(12)8-9-23-14-6-4-13(10-15(14)21-2)5-7-16(19)22-3/h4-7,10-11H,8-9H2,1-3H3/b7-5+. The molecule has 128 valence electrons. The van der Waals surface area contributed by atoms with Crippen molar-refractivity contribution >= 4 is 23.4 Å². The maximum atomic E-state index is 11.7. The molecule has 1 aromatic carbocycles. The molecule has 0 unspecified atom stereocenters. The molecule has 2 rings (SSSR count). The molecule has 7 heteroatoms. The van der Waals surface area contributed by atoms with E-state index in [2.05, 4.69) is 4.74 Å². The van der Waals surface area contributed by atoms with Crippen LogP contribution in [0.25, 0.3) is 6.08 Å². The van der Waals surface area contributed by atoms with Gasteiger partial charge in [-0.1, -0.05) is 17.4 Å². The monoisotopic (exact) mass is 349 g/mol. The largest absolute Gasteiger partial charge is 0.493 e. The van der Waals surface area contributed by atoms with E-state index >= 15 is 0 Å². The first-order valence-electron chi connectivity index (χ1n) is 7.27. The van der Waals surface area contributed by atoms with E-state index in [1.54, 1.807) is 36.0 Å². The lowest BCUT2D eigenvalue weighted by Gasteiger charge is -2.12. The van der Waals surface area contributed by atoms with Gasteiger partial charge in [-0.3, -0.25) is 9.36 Å². The van der Waals surface area contributed by atoms with Crippen molar-refractivity contribution in [1.82, 2.24) is 4.57 Å². The van der Waals surface area contributed by atoms with Gasteiger partial charge in [0.05, 0.1) is 20.8 Å². The van der Waals surface area contributed by atoms with Crippen molar-refractivity contribution in [2.75, 3.05) is 20.8 Å². The molecule has 0 atom stereocenters. The second-order valence-corrected chi connectivity index (χ2v) is 5.73. The summed E-state index contributed by atoms with van der Waals surface area (Å²) >= 11 is 1.18. The van der Waals surface area contributed by atoms with Crippen molar-refractivity contribution in [2.24, 2.45) is 0 Å². The first-order chi connectivity index (χ1) is 11.5. The molecule has 6 nitrogen and oxygen atoms in total. The Balaban J connectivity index is 2.04. The van der Waals surface area contributed by atoms with Gasteiger partial charge in [0.15, 0.2) is 11.5 Å². The summed E-state index contributed by atoms with van der Waals surface area (Å²) in [6.45, 7) is 2.72. The van der Waals surface area contributed by atoms with Gasteiger partial charge in [0.25, 0.3) is 0 Å². The van der Waals surface area contributed by atoms with Crippen LogP contribution < -0.4 is 14.3 Å². The molecule has 0 bridgehead atoms. The van der Waals surface area contributed by atoms with E-state index in [1.807, 2.05) is 12.3 Å². The van der Waals surface area contributed by atoms with E-state index in [0.29, 0.717) is 24.7 Å². The number of thiazole rings is 1. The lowest BCUT2D eigenvalue weighted by atomic mass is 10.2. The number of methoxy groups -OCH3 is 2. The Hall–Kier alpha value is -2.54. The van der Waals surface area contributed by atoms with Crippen molar-refractivity contribution in [2.45, 2.75) is 13.5 Å². The number of ether oxygens (including phenoxy) is 3. The molecule has 0 spiro atoms. The Labute approximate surface area is 143 Å². The molecule has 1 heterocycles. The molecular formula is C17H19NO5S. The Morgan fingerprint density at radius 1 is 1.29 bits per heavy atom. The fourth-order valence-corrected chi connectivity index (χ4v) is 2.82. The van der Waals surface area contributed by atoms with Crippen LogP contribution in [0.1, 0.15) is 11.3 Å². The number of aromatic nitrogens is 1. The van der Waals surface area contributed by atoms with E-state index in [4.69, 9.17) is 9.47 Å². The lowest BCUT2D eigenvalue weighted by molar-refractivity contribution is -0.134. The Kier molecular flexibility index (Phi) is 6.20. The van der Waals surface area contributed by atoms with Crippen LogP contribution in [0, 0.1) is 6.92 Å². The van der Waals surface area contributed by atoms with Crippen LogP contribution >= 0.6 is 11.3 Å². The second-order valence-electron chi connectivity index (χ2n) is 4.91. The zero-order valence-electron chi connectivity index (χ0n) is 13.8. The van der Waals surface area contributed by atoms with Crippen molar-refractivity contribution in [1.29, 1.82) is 0 Å². The highest BCUT2D eigenvalue weighted by molar-refractivity contribution is 7.07. The normalized spacial score (nSPS) is 10.8. The fraction of sp³-hybridized carbons (Fsp3) is 0.294. The van der Waals surface area contributed by atoms with Crippen molar-refractivity contribution in [3.8, 4) is 11.5 Å². The van der Waals surface area contributed by atoms with E-state index in [0.717, 1.165) is 11.3 Å². The molecule has 0 radical (unpaired) electrons. The van der Waals surface area contributed by atoms with E-state index in [1.165, 1.54) is 24.5 Å². The summed E-state index contributed by atoms with van der Waals surface area (Å²) in [5.41, 5.74) is 1.71. The van der Waals surface area contributed by atoms with Gasteiger partial charge in [-0.15, -0.1) is 0 Å². The van der Waals surface area contributed by atoms with Gasteiger partial charge >= 0.3 is 10.8 Å². The maximum absolute atomic E-state index is 11.7. The van der Waals surface area contributed by atoms with Crippen molar-refractivity contribution in [3.63, 3.8) is 0 Å². The maximum Gasteiger partial charge on any atom is 0.330 e. The molecule has 24 heavy (non-hydrogen) atoms. The quantitative estimate of drug-likeness (QED) is 0.567. The summed E-state index contributed by atoms with van der Waals surface area (Å²) in [5.74, 6) is 0.705. The van der Waals surface area contributed by atoms with Gasteiger partial charge in [-0.2, -0.15) is 0 Å². The predicted octanol–water partition coefficient (Wildman–Crippen LogP) is 2.49. The van der Waals surface area contributed by atoms with Gasteiger partial charge in [0, 0.05) is 17.2 Å². The molecule has 2 aromatic rings. The summed E-state index contributed by atoms with van der Waals surface area (Å²) in [4.78, 5) is 22.8. The molecule has 0 aliphatic rings. The molecule has 0 saturated heterocycles. The lowest BCUT2D eigenvalue weighted by Crippen LogP contribution is -2.19. The minimum absolute atomic E-state index is 0.00589. The third-order valence-electron chi connectivity index (χ3n) is 3.35. The summed E-state index contributed by atoms with van der Waals surface area (Å²) in [6.07, 6.45) is 2.97. The Bertz CT molecular complexity index is 791. The van der Waals surface area contributed by atoms with E-state index < -0.39 is 5.97 Å². The number of carbonyl (C=O) groups is 1. The molecule has 1 aromatic heterocycles. The van der Waals surface area contributed by atoms with Crippen LogP contribution in [0.2, 0.25) is 0 Å². The van der Waals surface area contributed by atoms with Gasteiger partial charge in [-0.05, 0) is 30.7 Å². The Morgan fingerprint density at radius 2 is 2.08 bits per heavy atom. The van der Waals surface area contributed by atoms with Gasteiger partial charge in [0.1, 0.15) is 6.61 Å². The van der Waals surface area contributed by atoms with Crippen LogP contribution in [0.4, 0.5) is 0 Å². The number of nitrogens with zero attached hydrogens (tertiary/aromatic N) is 1. The average molecular weight is 349 g/mol. The SMILES string of the molecule is COC(=O)/C=C/c1ccc(OCCn2c(C)csc2=O)c(OC)c1. The van der Waals surface area contributed by atoms with Gasteiger partial charge in [0.2, 0.25) is 0 Å². The molecule has 0 amide bonds. The number of aryl methyl sites for hydroxylation is 1. The highest BCUT2D eigenvalue weighted by atomic mass is 32.1. The first-order valence-corrected chi connectivity index (χ1v) is 8.15. The smallest absolute Gasteiger partial charge is 0.330 e. The molecule has 0 N–H and O–H groups in total. The third-order valence-corrected chi connectivity index (χ3v) is 4.23. The zero-order valence-corrected chi connectivity index (χ0v) is 14.6. The predicted molar refractivity (Wildman–Crippen MR) is 92.9 cm³/mol. The number of carbonyl (C=O) groups excluding carboxylic acids is 1. The molecule has 0 fully saturated rings. The van der Waals surface area contributed by atoms with Crippen LogP contribution in [-0.2, 0) is 16.1 Å². The molecule has 0 saturated carbocycles. The highest BCUT2D eigenvalue weighted by Gasteiger charge is 2.07. The van der Waals surface area contributed by atoms with Crippen molar-refractivity contribution < 1.29 is 19.0 Å². The number of esters is 1. The number of hydrogen-bond acceptors (Lipinski definition) is 6. The topological polar surface area (TPSA) is 66.8 Å². The summed E-state index contributed by atoms with van der Waals surface area (Å²) < 4.78 is 17.3. The summed E-state index contributed by atoms with van der Waals surface area (Å²) in [5, 5.41) is 1.82. The van der Waals surface area contributed by atoms with Gasteiger partial charge < -0.3 is 14.2 Å². The second kappa shape index (κ2) is 8.35. The average Bonchev–Trinajstić information content (AvgIpc) is 2.92. The number of benzene rings is 1. The first kappa shape index (κ1) is 17.8. The van der Waals surface area contributed by atoms with Crippen LogP contribution in [0.15, 0.2) is 34.4 Å². The molecular weight excluding hydrogens is 330 g/mol. The number of hydrogen-bond donors (Lipinski definition) is 0. The van der Waals surface area contributed by atoms with Gasteiger partial charge in [-0.25, -0.2) is 4.79 Å². The summed E-state index contributed by atoms with van der Waals surface area (Å²) in [7, 11) is 2.87. The van der Waals surface area contributed by atoms with E-state index in [-0.39, 0.29) is 4.87 Å². The van der Waals surface area contributed by atoms with Crippen molar-refractivity contribution in [3.05, 3.63) is 50.6 Å². The molecule has 0 aliphatic heterocycles. The minimum atomic E-state index is -0.425. The summed E-state index contributed by atoms with van der Waals surface area (Å²) in [6, 6.07) is 5.33. The zero-order chi connectivity index (χ0) is 17.5. The van der Waals surface area contributed by atoms with Crippen LogP contribution in [0.5, 0.6) is 11.5 Å². The number of rotatable bonds is 7. The molecule has 0 aliphatic carbocycles. The Morgan fingerprint density at radius 3 is 2.71 bits per heavy atom.